The van der Waals surface area contributed by atoms with Crippen molar-refractivity contribution in [1.29, 1.82) is 0 Å². The largest absolute Gasteiger partial charge is 0.465 e. The van der Waals surface area contributed by atoms with Gasteiger partial charge in [-0.2, -0.15) is 0 Å². The van der Waals surface area contributed by atoms with Crippen LogP contribution in [-0.2, 0) is 14.3 Å². The maximum absolute atomic E-state index is 11.9. The summed E-state index contributed by atoms with van der Waals surface area (Å²) in [7, 11) is 7.10. The Labute approximate surface area is 102 Å². The number of nitrogens with zero attached hydrogens (tertiary/aromatic N) is 2. The average molecular weight is 243 g/mol. The molecule has 0 aromatic heterocycles. The van der Waals surface area contributed by atoms with Gasteiger partial charge in [-0.1, -0.05) is 0 Å². The molecule has 0 saturated carbocycles. The number of carbonyl (C=O) groups is 2. The molecule has 6 heteroatoms. The fourth-order valence-electron chi connectivity index (χ4n) is 1.72. The third-order valence-electron chi connectivity index (χ3n) is 2.88. The van der Waals surface area contributed by atoms with Crippen molar-refractivity contribution in [2.45, 2.75) is 0 Å². The molecule has 1 amide bonds. The Morgan fingerprint density at radius 3 is 2.35 bits per heavy atom. The quantitative estimate of drug-likeness (QED) is 0.442. The number of quaternary nitrogens is 1. The van der Waals surface area contributed by atoms with Crippen molar-refractivity contribution in [2.24, 2.45) is 0 Å². The van der Waals surface area contributed by atoms with E-state index in [9.17, 15) is 9.59 Å². The minimum atomic E-state index is -0.346. The number of hydrogen-bond acceptors (Lipinski definition) is 4. The van der Waals surface area contributed by atoms with Crippen molar-refractivity contribution in [2.75, 3.05) is 53.4 Å². The first kappa shape index (κ1) is 13.9. The normalized spacial score (nSPS) is 18.9. The standard InChI is InChI=1S/C11H21N3O3/c1-12-4-6-14(7-5-12)10(15)8-13(2)9-11(16)17-3/h13H,2,4-9H2,1,3H3. The zero-order valence-corrected chi connectivity index (χ0v) is 10.6. The first-order chi connectivity index (χ1) is 8.02. The van der Waals surface area contributed by atoms with Gasteiger partial charge in [0.1, 0.15) is 6.54 Å². The van der Waals surface area contributed by atoms with Gasteiger partial charge in [-0.3, -0.25) is 4.79 Å². The first-order valence-corrected chi connectivity index (χ1v) is 5.72. The lowest BCUT2D eigenvalue weighted by Gasteiger charge is -2.33. The molecule has 1 heterocycles. The predicted molar refractivity (Wildman–Crippen MR) is 62.1 cm³/mol. The number of esters is 1. The SMILES string of the molecule is [CH2-][NH+](CC(=O)OC)CC(=O)N1CCN(C)CC1. The van der Waals surface area contributed by atoms with Crippen molar-refractivity contribution in [3.63, 3.8) is 0 Å². The van der Waals surface area contributed by atoms with Crippen LogP contribution in [0.15, 0.2) is 0 Å². The molecule has 0 spiro atoms. The summed E-state index contributed by atoms with van der Waals surface area (Å²) in [5.74, 6) is -0.298. The number of likely N-dealkylation sites (N-methyl/N-ethyl adjacent to an activating group) is 1. The second-order valence-electron chi connectivity index (χ2n) is 4.36. The van der Waals surface area contributed by atoms with Crippen LogP contribution in [0.3, 0.4) is 0 Å². The number of ether oxygens (including phenoxy) is 1. The van der Waals surface area contributed by atoms with Gasteiger partial charge >= 0.3 is 5.97 Å². The van der Waals surface area contributed by atoms with Gasteiger partial charge in [0.25, 0.3) is 5.91 Å². The minimum Gasteiger partial charge on any atom is -0.465 e. The number of methoxy groups -OCH3 is 1. The van der Waals surface area contributed by atoms with E-state index in [2.05, 4.69) is 16.7 Å². The van der Waals surface area contributed by atoms with E-state index in [1.165, 1.54) is 7.11 Å². The molecule has 1 N–H and O–H groups in total. The van der Waals surface area contributed by atoms with Crippen LogP contribution in [0.25, 0.3) is 0 Å². The summed E-state index contributed by atoms with van der Waals surface area (Å²) < 4.78 is 4.53. The zero-order valence-electron chi connectivity index (χ0n) is 10.6. The van der Waals surface area contributed by atoms with Gasteiger partial charge in [0.15, 0.2) is 6.54 Å². The molecular weight excluding hydrogens is 222 g/mol. The smallest absolute Gasteiger partial charge is 0.359 e. The van der Waals surface area contributed by atoms with E-state index in [1.54, 1.807) is 0 Å². The molecule has 1 fully saturated rings. The molecule has 0 aromatic carbocycles. The Morgan fingerprint density at radius 2 is 1.82 bits per heavy atom. The van der Waals surface area contributed by atoms with E-state index in [0.29, 0.717) is 4.90 Å². The van der Waals surface area contributed by atoms with Crippen molar-refractivity contribution in [3.05, 3.63) is 7.05 Å². The topological polar surface area (TPSA) is 54.3 Å². The summed E-state index contributed by atoms with van der Waals surface area (Å²) in [4.78, 5) is 27.5. The highest BCUT2D eigenvalue weighted by Crippen LogP contribution is 1.98. The summed E-state index contributed by atoms with van der Waals surface area (Å²) in [5, 5.41) is 0. The third-order valence-corrected chi connectivity index (χ3v) is 2.88. The summed E-state index contributed by atoms with van der Waals surface area (Å²) in [6, 6.07) is 0. The van der Waals surface area contributed by atoms with Gasteiger partial charge < -0.3 is 19.4 Å². The van der Waals surface area contributed by atoms with Crippen molar-refractivity contribution in [1.82, 2.24) is 9.80 Å². The van der Waals surface area contributed by atoms with Crippen molar-refractivity contribution in [3.8, 4) is 0 Å². The molecule has 0 radical (unpaired) electrons. The Bertz CT molecular complexity index is 275. The fourth-order valence-corrected chi connectivity index (χ4v) is 1.72. The molecule has 1 aliphatic heterocycles. The zero-order chi connectivity index (χ0) is 12.8. The van der Waals surface area contributed by atoms with Gasteiger partial charge in [-0.15, -0.1) is 7.05 Å². The molecule has 98 valence electrons. The molecular formula is C11H21N3O3. The highest BCUT2D eigenvalue weighted by molar-refractivity contribution is 5.77. The van der Waals surface area contributed by atoms with E-state index in [4.69, 9.17) is 0 Å². The lowest BCUT2D eigenvalue weighted by molar-refractivity contribution is -0.837. The molecule has 1 saturated heterocycles. The van der Waals surface area contributed by atoms with Crippen LogP contribution < -0.4 is 4.90 Å². The van der Waals surface area contributed by atoms with Crippen LogP contribution in [0.5, 0.6) is 0 Å². The van der Waals surface area contributed by atoms with E-state index in [-0.39, 0.29) is 25.0 Å². The number of nitrogens with one attached hydrogen (secondary N) is 1. The molecule has 1 rings (SSSR count). The maximum atomic E-state index is 11.9. The molecule has 0 bridgehead atoms. The lowest BCUT2D eigenvalue weighted by atomic mass is 10.3. The van der Waals surface area contributed by atoms with Crippen molar-refractivity contribution < 1.29 is 19.2 Å². The summed E-state index contributed by atoms with van der Waals surface area (Å²) in [6.45, 7) is 3.65. The van der Waals surface area contributed by atoms with E-state index in [0.717, 1.165) is 26.2 Å². The van der Waals surface area contributed by atoms with Crippen LogP contribution in [0, 0.1) is 7.05 Å². The Balaban J connectivity index is 2.31. The second-order valence-corrected chi connectivity index (χ2v) is 4.36. The number of hydrogen-bond donors (Lipinski definition) is 1. The van der Waals surface area contributed by atoms with Gasteiger partial charge in [-0.25, -0.2) is 4.79 Å². The van der Waals surface area contributed by atoms with Gasteiger partial charge in [0, 0.05) is 26.2 Å². The van der Waals surface area contributed by atoms with Crippen LogP contribution in [-0.4, -0.2) is 75.1 Å². The van der Waals surface area contributed by atoms with Crippen LogP contribution in [0.4, 0.5) is 0 Å². The maximum Gasteiger partial charge on any atom is 0.359 e. The molecule has 17 heavy (non-hydrogen) atoms. The predicted octanol–water partition coefficient (Wildman–Crippen LogP) is -2.39. The summed E-state index contributed by atoms with van der Waals surface area (Å²) >= 11 is 0. The van der Waals surface area contributed by atoms with Gasteiger partial charge in [0.05, 0.1) is 7.11 Å². The molecule has 1 aliphatic rings. The highest BCUT2D eigenvalue weighted by Gasteiger charge is 2.21. The molecule has 6 nitrogen and oxygen atoms in total. The van der Waals surface area contributed by atoms with E-state index >= 15 is 0 Å². The summed E-state index contributed by atoms with van der Waals surface area (Å²) in [5.41, 5.74) is 0. The monoisotopic (exact) mass is 243 g/mol. The lowest BCUT2D eigenvalue weighted by Crippen LogP contribution is -3.09. The third kappa shape index (κ3) is 4.70. The molecule has 0 aromatic rings. The number of piperazine rings is 1. The van der Waals surface area contributed by atoms with E-state index < -0.39 is 0 Å². The first-order valence-electron chi connectivity index (χ1n) is 5.72. The van der Waals surface area contributed by atoms with E-state index in [1.807, 2.05) is 11.9 Å². The molecule has 1 unspecified atom stereocenters. The number of carbonyl (C=O) groups excluding carboxylic acids is 2. The van der Waals surface area contributed by atoms with Gasteiger partial charge in [-0.05, 0) is 7.05 Å². The number of amides is 1. The minimum absolute atomic E-state index is 0.0482. The Morgan fingerprint density at radius 1 is 1.24 bits per heavy atom. The van der Waals surface area contributed by atoms with Gasteiger partial charge in [0.2, 0.25) is 0 Å². The number of rotatable bonds is 4. The van der Waals surface area contributed by atoms with Crippen LogP contribution in [0.2, 0.25) is 0 Å². The average Bonchev–Trinajstić information content (AvgIpc) is 2.29. The molecule has 0 aliphatic carbocycles. The molecule has 1 atom stereocenters. The summed E-state index contributed by atoms with van der Waals surface area (Å²) in [6.07, 6.45) is 0. The van der Waals surface area contributed by atoms with Crippen LogP contribution >= 0.6 is 0 Å². The van der Waals surface area contributed by atoms with Crippen molar-refractivity contribution >= 4 is 11.9 Å². The Hall–Kier alpha value is -1.14. The highest BCUT2D eigenvalue weighted by atomic mass is 16.5. The Kier molecular flexibility index (Phi) is 5.37. The fraction of sp³-hybridized carbons (Fsp3) is 0.727. The second kappa shape index (κ2) is 6.56. The van der Waals surface area contributed by atoms with Crippen LogP contribution in [0.1, 0.15) is 0 Å².